The van der Waals surface area contributed by atoms with Crippen LogP contribution in [0, 0.1) is 0 Å². The van der Waals surface area contributed by atoms with Crippen molar-refractivity contribution in [2.75, 3.05) is 13.2 Å². The lowest BCUT2D eigenvalue weighted by atomic mass is 10.1. The number of allylic oxidation sites excluding steroid dienone is 20. The Kier molecular flexibility index (Phi) is 55.9. The molecule has 72 heavy (non-hydrogen) atoms. The Labute approximate surface area is 443 Å². The molecule has 6 heteroatoms. The van der Waals surface area contributed by atoms with E-state index in [4.69, 9.17) is 14.2 Å². The van der Waals surface area contributed by atoms with Gasteiger partial charge in [-0.2, -0.15) is 0 Å². The van der Waals surface area contributed by atoms with Crippen molar-refractivity contribution < 1.29 is 28.6 Å². The summed E-state index contributed by atoms with van der Waals surface area (Å²) < 4.78 is 16.7. The molecule has 408 valence electrons. The molecule has 0 saturated heterocycles. The number of esters is 3. The van der Waals surface area contributed by atoms with E-state index in [-0.39, 0.29) is 31.1 Å². The molecule has 0 spiro atoms. The molecule has 6 nitrogen and oxygen atoms in total. The largest absolute Gasteiger partial charge is 0.462 e. The molecule has 0 radical (unpaired) electrons. The number of hydrogen-bond donors (Lipinski definition) is 0. The number of unbranched alkanes of at least 4 members (excludes halogenated alkanes) is 21. The molecule has 0 bridgehead atoms. The van der Waals surface area contributed by atoms with E-state index in [9.17, 15) is 14.4 Å². The minimum atomic E-state index is -0.784. The third kappa shape index (κ3) is 56.7. The van der Waals surface area contributed by atoms with Gasteiger partial charge in [0.05, 0.1) is 0 Å². The van der Waals surface area contributed by atoms with Gasteiger partial charge in [-0.15, -0.1) is 0 Å². The van der Waals surface area contributed by atoms with Crippen LogP contribution in [0.1, 0.15) is 258 Å². The number of rotatable bonds is 52. The van der Waals surface area contributed by atoms with Crippen LogP contribution in [0.4, 0.5) is 0 Å². The molecule has 0 fully saturated rings. The van der Waals surface area contributed by atoms with Crippen LogP contribution in [0.3, 0.4) is 0 Å². The van der Waals surface area contributed by atoms with Crippen LogP contribution >= 0.6 is 0 Å². The Morgan fingerprint density at radius 2 is 0.569 bits per heavy atom. The maximum atomic E-state index is 12.7. The summed E-state index contributed by atoms with van der Waals surface area (Å²) in [4.78, 5) is 37.9. The van der Waals surface area contributed by atoms with E-state index in [2.05, 4.69) is 142 Å². The minimum Gasteiger partial charge on any atom is -0.462 e. The zero-order chi connectivity index (χ0) is 52.2. The van der Waals surface area contributed by atoms with Crippen LogP contribution in [0.5, 0.6) is 0 Å². The quantitative estimate of drug-likeness (QED) is 0.0261. The van der Waals surface area contributed by atoms with E-state index in [1.54, 1.807) is 0 Å². The standard InChI is InChI=1S/C66H108O6/c1-4-7-10-13-16-19-21-22-23-24-25-26-27-28-29-30-31-32-33-34-35-36-37-38-39-40-41-42-43-44-45-48-50-53-56-59-65(68)71-62-63(61-70-64(67)58-55-52-49-46-18-15-12-9-6-3)72-66(69)60-57-54-51-47-20-17-14-11-8-5-2/h7,10-11,14,16,19,22-23,25-26,28-29,31-32,34-35,37-38,40-41,63H,4-6,8-9,12-13,15,17-18,20-21,24,27,30,33,36,39,42-62H2,1-3H3/b10-7-,14-11-,19-16-,23-22-,26-25-,29-28-,32-31-,35-34-,38-37-,41-40-. The van der Waals surface area contributed by atoms with Gasteiger partial charge in [-0.3, -0.25) is 14.4 Å². The van der Waals surface area contributed by atoms with Gasteiger partial charge in [-0.05, 0) is 109 Å². The average Bonchev–Trinajstić information content (AvgIpc) is 3.38. The third-order valence-corrected chi connectivity index (χ3v) is 12.2. The predicted octanol–water partition coefficient (Wildman–Crippen LogP) is 20.0. The highest BCUT2D eigenvalue weighted by Crippen LogP contribution is 2.14. The van der Waals surface area contributed by atoms with Crippen LogP contribution in [0.15, 0.2) is 122 Å². The minimum absolute atomic E-state index is 0.0845. The maximum Gasteiger partial charge on any atom is 0.306 e. The Bertz CT molecular complexity index is 1520. The first-order valence-electron chi connectivity index (χ1n) is 29.5. The third-order valence-electron chi connectivity index (χ3n) is 12.2. The van der Waals surface area contributed by atoms with Crippen molar-refractivity contribution in [2.24, 2.45) is 0 Å². The van der Waals surface area contributed by atoms with Crippen LogP contribution in [0.2, 0.25) is 0 Å². The van der Waals surface area contributed by atoms with Crippen LogP contribution < -0.4 is 0 Å². The van der Waals surface area contributed by atoms with Crippen molar-refractivity contribution in [1.29, 1.82) is 0 Å². The second-order valence-corrected chi connectivity index (χ2v) is 19.2. The topological polar surface area (TPSA) is 78.9 Å². The van der Waals surface area contributed by atoms with Gasteiger partial charge in [-0.1, -0.05) is 251 Å². The second kappa shape index (κ2) is 59.4. The average molecular weight is 998 g/mol. The molecule has 1 atom stereocenters. The normalized spacial score (nSPS) is 13.0. The fourth-order valence-electron chi connectivity index (χ4n) is 7.79. The first kappa shape index (κ1) is 67.8. The maximum absolute atomic E-state index is 12.7. The molecule has 0 aromatic rings. The van der Waals surface area contributed by atoms with Crippen molar-refractivity contribution in [3.63, 3.8) is 0 Å². The Morgan fingerprint density at radius 3 is 0.917 bits per heavy atom. The van der Waals surface area contributed by atoms with Crippen molar-refractivity contribution in [1.82, 2.24) is 0 Å². The first-order valence-corrected chi connectivity index (χ1v) is 29.5. The van der Waals surface area contributed by atoms with Gasteiger partial charge in [0.15, 0.2) is 6.10 Å². The summed E-state index contributed by atoms with van der Waals surface area (Å²) in [6.07, 6.45) is 82.2. The zero-order valence-corrected chi connectivity index (χ0v) is 46.7. The highest BCUT2D eigenvalue weighted by Gasteiger charge is 2.19. The zero-order valence-electron chi connectivity index (χ0n) is 46.7. The molecule has 0 aromatic heterocycles. The molecule has 0 aromatic carbocycles. The van der Waals surface area contributed by atoms with Crippen LogP contribution in [0.25, 0.3) is 0 Å². The Hall–Kier alpha value is -4.19. The lowest BCUT2D eigenvalue weighted by Gasteiger charge is -2.18. The van der Waals surface area contributed by atoms with Crippen molar-refractivity contribution in [3.8, 4) is 0 Å². The fraction of sp³-hybridized carbons (Fsp3) is 0.652. The van der Waals surface area contributed by atoms with Crippen molar-refractivity contribution in [3.05, 3.63) is 122 Å². The van der Waals surface area contributed by atoms with Gasteiger partial charge in [0.1, 0.15) is 13.2 Å². The second-order valence-electron chi connectivity index (χ2n) is 19.2. The Balaban J connectivity index is 4.12. The van der Waals surface area contributed by atoms with Gasteiger partial charge < -0.3 is 14.2 Å². The highest BCUT2D eigenvalue weighted by molar-refractivity contribution is 5.71. The molecule has 0 aliphatic rings. The molecule has 0 amide bonds. The smallest absolute Gasteiger partial charge is 0.306 e. The Morgan fingerprint density at radius 1 is 0.292 bits per heavy atom. The molecular weight excluding hydrogens is 889 g/mol. The predicted molar refractivity (Wildman–Crippen MR) is 311 cm³/mol. The van der Waals surface area contributed by atoms with E-state index in [1.807, 2.05) is 0 Å². The van der Waals surface area contributed by atoms with Crippen LogP contribution in [-0.4, -0.2) is 37.2 Å². The molecule has 0 aliphatic heterocycles. The lowest BCUT2D eigenvalue weighted by molar-refractivity contribution is -0.167. The van der Waals surface area contributed by atoms with E-state index < -0.39 is 6.10 Å². The molecule has 0 rings (SSSR count). The summed E-state index contributed by atoms with van der Waals surface area (Å²) in [5.74, 6) is -0.913. The lowest BCUT2D eigenvalue weighted by Crippen LogP contribution is -2.30. The van der Waals surface area contributed by atoms with Gasteiger partial charge >= 0.3 is 17.9 Å². The molecule has 0 aliphatic carbocycles. The summed E-state index contributed by atoms with van der Waals surface area (Å²) in [5, 5.41) is 0. The number of carbonyl (C=O) groups is 3. The van der Waals surface area contributed by atoms with Crippen LogP contribution in [-0.2, 0) is 28.6 Å². The van der Waals surface area contributed by atoms with Gasteiger partial charge in [0, 0.05) is 19.3 Å². The number of ether oxygens (including phenoxy) is 3. The van der Waals surface area contributed by atoms with Crippen molar-refractivity contribution in [2.45, 2.75) is 264 Å². The number of hydrogen-bond acceptors (Lipinski definition) is 6. The number of carbonyl (C=O) groups excluding carboxylic acids is 3. The van der Waals surface area contributed by atoms with E-state index in [0.29, 0.717) is 19.3 Å². The van der Waals surface area contributed by atoms with Gasteiger partial charge in [0.2, 0.25) is 0 Å². The van der Waals surface area contributed by atoms with E-state index in [1.165, 1.54) is 77.0 Å². The molecule has 0 N–H and O–H groups in total. The molecule has 0 saturated carbocycles. The summed E-state index contributed by atoms with van der Waals surface area (Å²) in [7, 11) is 0. The first-order chi connectivity index (χ1) is 35.5. The van der Waals surface area contributed by atoms with Gasteiger partial charge in [-0.25, -0.2) is 0 Å². The monoisotopic (exact) mass is 997 g/mol. The summed E-state index contributed by atoms with van der Waals surface area (Å²) in [5.41, 5.74) is 0. The molecule has 0 heterocycles. The van der Waals surface area contributed by atoms with Crippen molar-refractivity contribution >= 4 is 17.9 Å². The molecular formula is C66H108O6. The highest BCUT2D eigenvalue weighted by atomic mass is 16.6. The summed E-state index contributed by atoms with van der Waals surface area (Å²) in [6, 6.07) is 0. The summed E-state index contributed by atoms with van der Waals surface area (Å²) in [6.45, 7) is 6.42. The fourth-order valence-corrected chi connectivity index (χ4v) is 7.79. The molecule has 1 unspecified atom stereocenters. The van der Waals surface area contributed by atoms with E-state index in [0.717, 1.165) is 141 Å². The summed E-state index contributed by atoms with van der Waals surface area (Å²) >= 11 is 0. The van der Waals surface area contributed by atoms with Gasteiger partial charge in [0.25, 0.3) is 0 Å². The van der Waals surface area contributed by atoms with E-state index >= 15 is 0 Å². The SMILES string of the molecule is CC/C=C\C/C=C\C/C=C\C/C=C\C/C=C\C/C=C\C/C=C\C/C=C\C/C=C\CCCCCCCCCC(=O)OCC(COC(=O)CCCCCCCCCCC)OC(=O)CCCCCCC/C=C\CCC.